The molecule has 3 rings (SSSR count). The van der Waals surface area contributed by atoms with Crippen molar-refractivity contribution < 1.29 is 4.74 Å². The van der Waals surface area contributed by atoms with E-state index < -0.39 is 0 Å². The number of hydrogen-bond acceptors (Lipinski definition) is 2. The van der Waals surface area contributed by atoms with Crippen LogP contribution in [0, 0.1) is 5.92 Å². The van der Waals surface area contributed by atoms with E-state index in [1.165, 1.54) is 5.57 Å². The molecule has 0 aromatic carbocycles. The summed E-state index contributed by atoms with van der Waals surface area (Å²) in [4.78, 5) is 4.05. The maximum atomic E-state index is 5.19. The van der Waals surface area contributed by atoms with Crippen molar-refractivity contribution >= 4 is 6.21 Å². The lowest BCUT2D eigenvalue weighted by Gasteiger charge is -2.00. The zero-order valence-corrected chi connectivity index (χ0v) is 5.24. The molecule has 0 amide bonds. The third-order valence-corrected chi connectivity index (χ3v) is 1.93. The SMILES string of the molecule is C1=CC2C=NC=C2C2=C1O2. The Kier molecular flexibility index (Phi) is 0.556. The summed E-state index contributed by atoms with van der Waals surface area (Å²) in [5, 5.41) is 0. The maximum absolute atomic E-state index is 5.19. The first-order valence-electron chi connectivity index (χ1n) is 3.29. The van der Waals surface area contributed by atoms with E-state index in [4.69, 9.17) is 4.74 Å². The molecule has 0 saturated carbocycles. The van der Waals surface area contributed by atoms with E-state index in [1.807, 2.05) is 18.5 Å². The first-order valence-corrected chi connectivity index (χ1v) is 3.29. The van der Waals surface area contributed by atoms with Crippen LogP contribution in [0.1, 0.15) is 0 Å². The second-order valence-electron chi connectivity index (χ2n) is 2.56. The second-order valence-corrected chi connectivity index (χ2v) is 2.56. The van der Waals surface area contributed by atoms with Crippen LogP contribution in [0.25, 0.3) is 0 Å². The Morgan fingerprint density at radius 3 is 3.50 bits per heavy atom. The van der Waals surface area contributed by atoms with E-state index in [0.717, 1.165) is 11.5 Å². The lowest BCUT2D eigenvalue weighted by atomic mass is 9.98. The minimum Gasteiger partial charge on any atom is -0.449 e. The molecule has 0 spiro atoms. The van der Waals surface area contributed by atoms with E-state index in [0.29, 0.717) is 5.92 Å². The molecule has 0 fully saturated rings. The third kappa shape index (κ3) is 0.386. The first kappa shape index (κ1) is 4.50. The molecule has 2 nitrogen and oxygen atoms in total. The van der Waals surface area contributed by atoms with Crippen LogP contribution in [0.4, 0.5) is 0 Å². The van der Waals surface area contributed by atoms with Crippen LogP contribution in [0.2, 0.25) is 0 Å². The minimum absolute atomic E-state index is 0.390. The van der Waals surface area contributed by atoms with Gasteiger partial charge in [-0.25, -0.2) is 0 Å². The van der Waals surface area contributed by atoms with Crippen molar-refractivity contribution in [1.29, 1.82) is 0 Å². The van der Waals surface area contributed by atoms with Crippen molar-refractivity contribution in [1.82, 2.24) is 0 Å². The second kappa shape index (κ2) is 1.24. The van der Waals surface area contributed by atoms with Crippen LogP contribution in [0.3, 0.4) is 0 Å². The van der Waals surface area contributed by atoms with Crippen LogP contribution in [-0.2, 0) is 4.74 Å². The van der Waals surface area contributed by atoms with Crippen LogP contribution in [-0.4, -0.2) is 6.21 Å². The molecule has 0 aromatic heterocycles. The number of fused-ring (bicyclic) bond motifs is 2. The Bertz CT molecular complexity index is 320. The van der Waals surface area contributed by atoms with Gasteiger partial charge in [-0.2, -0.15) is 0 Å². The zero-order chi connectivity index (χ0) is 6.55. The summed E-state index contributed by atoms with van der Waals surface area (Å²) in [6, 6.07) is 0. The number of ether oxygens (including phenoxy) is 1. The molecule has 0 saturated heterocycles. The van der Waals surface area contributed by atoms with Crippen molar-refractivity contribution in [3.63, 3.8) is 0 Å². The van der Waals surface area contributed by atoms with Gasteiger partial charge in [-0.3, -0.25) is 4.99 Å². The average molecular weight is 131 g/mol. The molecule has 2 aliphatic heterocycles. The van der Waals surface area contributed by atoms with Crippen molar-refractivity contribution in [2.45, 2.75) is 0 Å². The maximum Gasteiger partial charge on any atom is 0.175 e. The fourth-order valence-electron chi connectivity index (χ4n) is 1.33. The first-order chi connectivity index (χ1) is 4.95. The molecule has 1 unspecified atom stereocenters. The zero-order valence-electron chi connectivity index (χ0n) is 5.24. The van der Waals surface area contributed by atoms with Gasteiger partial charge < -0.3 is 4.74 Å². The number of hydrogen-bond donors (Lipinski definition) is 0. The topological polar surface area (TPSA) is 24.9 Å². The van der Waals surface area contributed by atoms with Crippen molar-refractivity contribution in [2.24, 2.45) is 10.9 Å². The monoisotopic (exact) mass is 131 g/mol. The van der Waals surface area contributed by atoms with Crippen molar-refractivity contribution in [3.05, 3.63) is 35.4 Å². The van der Waals surface area contributed by atoms with Crippen molar-refractivity contribution in [3.8, 4) is 0 Å². The molecule has 48 valence electrons. The van der Waals surface area contributed by atoms with Gasteiger partial charge in [0.25, 0.3) is 0 Å². The lowest BCUT2D eigenvalue weighted by Crippen LogP contribution is -1.98. The van der Waals surface area contributed by atoms with Gasteiger partial charge in [0.05, 0.1) is 0 Å². The predicted octanol–water partition coefficient (Wildman–Crippen LogP) is 1.38. The van der Waals surface area contributed by atoms with E-state index in [-0.39, 0.29) is 0 Å². The average Bonchev–Trinajstić information content (AvgIpc) is 2.60. The summed E-state index contributed by atoms with van der Waals surface area (Å²) >= 11 is 0. The van der Waals surface area contributed by atoms with E-state index in [1.54, 1.807) is 0 Å². The predicted molar refractivity (Wildman–Crippen MR) is 37.3 cm³/mol. The lowest BCUT2D eigenvalue weighted by molar-refractivity contribution is 0.487. The van der Waals surface area contributed by atoms with E-state index in [2.05, 4.69) is 11.1 Å². The van der Waals surface area contributed by atoms with Gasteiger partial charge in [0, 0.05) is 23.9 Å². The van der Waals surface area contributed by atoms with E-state index >= 15 is 0 Å². The number of allylic oxidation sites excluding steroid dienone is 3. The Morgan fingerprint density at radius 1 is 1.50 bits per heavy atom. The molecule has 0 radical (unpaired) electrons. The molecule has 1 atom stereocenters. The molecule has 2 heterocycles. The fourth-order valence-corrected chi connectivity index (χ4v) is 1.33. The van der Waals surface area contributed by atoms with Crippen LogP contribution >= 0.6 is 0 Å². The van der Waals surface area contributed by atoms with Gasteiger partial charge >= 0.3 is 0 Å². The highest BCUT2D eigenvalue weighted by Gasteiger charge is 2.34. The van der Waals surface area contributed by atoms with Crippen LogP contribution in [0.5, 0.6) is 0 Å². The number of nitrogens with zero attached hydrogens (tertiary/aromatic N) is 1. The van der Waals surface area contributed by atoms with Gasteiger partial charge in [0.15, 0.2) is 11.5 Å². The normalized spacial score (nSPS) is 31.2. The molecule has 10 heavy (non-hydrogen) atoms. The van der Waals surface area contributed by atoms with Gasteiger partial charge in [-0.1, -0.05) is 6.08 Å². The standard InChI is InChI=1S/C8H5NO/c1-2-7-8(10-7)6-4-9-3-5(1)6/h1-5H. The largest absolute Gasteiger partial charge is 0.449 e. The quantitative estimate of drug-likeness (QED) is 0.487. The molecule has 1 aliphatic carbocycles. The summed E-state index contributed by atoms with van der Waals surface area (Å²) in [6.07, 6.45) is 7.91. The van der Waals surface area contributed by atoms with Gasteiger partial charge in [0.1, 0.15) is 0 Å². The molecular formula is C8H5NO. The third-order valence-electron chi connectivity index (χ3n) is 1.93. The molecular weight excluding hydrogens is 126 g/mol. The Balaban J connectivity index is 2.17. The fraction of sp³-hybridized carbons (Fsp3) is 0.125. The number of aliphatic imine (C=N–C) groups is 1. The summed E-state index contributed by atoms with van der Waals surface area (Å²) < 4.78 is 5.19. The minimum atomic E-state index is 0.390. The molecule has 2 heteroatoms. The molecule has 3 aliphatic rings. The summed E-state index contributed by atoms with van der Waals surface area (Å²) in [7, 11) is 0. The highest BCUT2D eigenvalue weighted by molar-refractivity contribution is 5.77. The summed E-state index contributed by atoms with van der Waals surface area (Å²) in [5.41, 5.74) is 1.22. The smallest absolute Gasteiger partial charge is 0.175 e. The van der Waals surface area contributed by atoms with Gasteiger partial charge in [0.2, 0.25) is 0 Å². The van der Waals surface area contributed by atoms with E-state index in [9.17, 15) is 0 Å². The van der Waals surface area contributed by atoms with Crippen LogP contribution in [0.15, 0.2) is 40.4 Å². The Labute approximate surface area is 58.2 Å². The molecule has 0 N–H and O–H groups in total. The molecule has 0 bridgehead atoms. The Hall–Kier alpha value is -1.31. The highest BCUT2D eigenvalue weighted by Crippen LogP contribution is 2.42. The highest BCUT2D eigenvalue weighted by atomic mass is 16.6. The van der Waals surface area contributed by atoms with Gasteiger partial charge in [-0.05, 0) is 6.08 Å². The van der Waals surface area contributed by atoms with Gasteiger partial charge in [-0.15, -0.1) is 0 Å². The Morgan fingerprint density at radius 2 is 2.50 bits per heavy atom. The molecule has 0 aromatic rings. The number of rotatable bonds is 0. The van der Waals surface area contributed by atoms with Crippen LogP contribution < -0.4 is 0 Å². The summed E-state index contributed by atoms with van der Waals surface area (Å²) in [5.74, 6) is 2.46. The summed E-state index contributed by atoms with van der Waals surface area (Å²) in [6.45, 7) is 0. The van der Waals surface area contributed by atoms with Crippen molar-refractivity contribution in [2.75, 3.05) is 0 Å².